The van der Waals surface area contributed by atoms with Crippen molar-refractivity contribution < 1.29 is 4.79 Å². The summed E-state index contributed by atoms with van der Waals surface area (Å²) in [6.07, 6.45) is 3.14. The minimum absolute atomic E-state index is 0. The quantitative estimate of drug-likeness (QED) is 0.867. The summed E-state index contributed by atoms with van der Waals surface area (Å²) in [5.74, 6) is 0.782. The molecular formula is C15H23ClN2OS. The van der Waals surface area contributed by atoms with E-state index in [9.17, 15) is 4.79 Å². The van der Waals surface area contributed by atoms with Gasteiger partial charge in [-0.3, -0.25) is 4.79 Å². The van der Waals surface area contributed by atoms with E-state index in [0.29, 0.717) is 5.92 Å². The van der Waals surface area contributed by atoms with E-state index in [1.54, 1.807) is 11.8 Å². The van der Waals surface area contributed by atoms with Gasteiger partial charge in [-0.15, -0.1) is 24.2 Å². The molecule has 1 heterocycles. The molecule has 0 aromatic heterocycles. The molecule has 1 aliphatic heterocycles. The first-order chi connectivity index (χ1) is 9.15. The predicted octanol–water partition coefficient (Wildman–Crippen LogP) is 2.82. The van der Waals surface area contributed by atoms with Crippen molar-refractivity contribution in [3.63, 3.8) is 0 Å². The molecule has 3 nitrogen and oxygen atoms in total. The first kappa shape index (κ1) is 17.3. The molecule has 0 spiro atoms. The van der Waals surface area contributed by atoms with Gasteiger partial charge in [-0.25, -0.2) is 0 Å². The van der Waals surface area contributed by atoms with Gasteiger partial charge in [0.25, 0.3) is 5.91 Å². The van der Waals surface area contributed by atoms with Gasteiger partial charge in [0.1, 0.15) is 0 Å². The Hall–Kier alpha value is -0.710. The molecule has 1 saturated heterocycles. The molecule has 1 aliphatic rings. The van der Waals surface area contributed by atoms with E-state index in [2.05, 4.69) is 11.4 Å². The number of carbonyl (C=O) groups excluding carboxylic acids is 1. The Kier molecular flexibility index (Phi) is 6.86. The number of nitrogens with zero attached hydrogens (tertiary/aromatic N) is 1. The van der Waals surface area contributed by atoms with E-state index in [1.165, 1.54) is 0 Å². The Labute approximate surface area is 131 Å². The molecule has 0 bridgehead atoms. The molecular weight excluding hydrogens is 292 g/mol. The van der Waals surface area contributed by atoms with Crippen molar-refractivity contribution in [3.8, 4) is 0 Å². The average molecular weight is 315 g/mol. The molecule has 2 rings (SSSR count). The summed E-state index contributed by atoms with van der Waals surface area (Å²) in [7, 11) is 1.97. The molecule has 20 heavy (non-hydrogen) atoms. The molecule has 0 aliphatic carbocycles. The van der Waals surface area contributed by atoms with E-state index in [1.807, 2.05) is 37.3 Å². The smallest absolute Gasteiger partial charge is 0.254 e. The summed E-state index contributed by atoms with van der Waals surface area (Å²) in [6, 6.07) is 6.14. The molecule has 5 heteroatoms. The van der Waals surface area contributed by atoms with Crippen LogP contribution in [0.2, 0.25) is 0 Å². The number of aryl methyl sites for hydroxylation is 1. The van der Waals surface area contributed by atoms with Crippen LogP contribution in [-0.2, 0) is 0 Å². The number of amides is 1. The number of carbonyl (C=O) groups is 1. The van der Waals surface area contributed by atoms with E-state index in [4.69, 9.17) is 0 Å². The maximum atomic E-state index is 12.6. The summed E-state index contributed by atoms with van der Waals surface area (Å²) in [5.41, 5.74) is 1.93. The zero-order valence-corrected chi connectivity index (χ0v) is 13.9. The summed E-state index contributed by atoms with van der Waals surface area (Å²) in [6.45, 7) is 4.77. The summed E-state index contributed by atoms with van der Waals surface area (Å²) in [5, 5.41) is 3.20. The van der Waals surface area contributed by atoms with Gasteiger partial charge in [-0.1, -0.05) is 6.07 Å². The van der Waals surface area contributed by atoms with Crippen LogP contribution in [-0.4, -0.2) is 43.7 Å². The number of likely N-dealkylation sites (tertiary alicyclic amines) is 1. The number of benzene rings is 1. The van der Waals surface area contributed by atoms with E-state index < -0.39 is 0 Å². The molecule has 1 atom stereocenters. The van der Waals surface area contributed by atoms with Crippen molar-refractivity contribution in [2.24, 2.45) is 5.92 Å². The molecule has 0 saturated carbocycles. The van der Waals surface area contributed by atoms with Crippen LogP contribution in [0.5, 0.6) is 0 Å². The van der Waals surface area contributed by atoms with Gasteiger partial charge < -0.3 is 10.2 Å². The average Bonchev–Trinajstić information content (AvgIpc) is 2.88. The fourth-order valence-corrected chi connectivity index (χ4v) is 3.04. The monoisotopic (exact) mass is 314 g/mol. The van der Waals surface area contributed by atoms with Crippen LogP contribution in [0.1, 0.15) is 22.3 Å². The third-order valence-electron chi connectivity index (χ3n) is 3.74. The van der Waals surface area contributed by atoms with Gasteiger partial charge in [0.15, 0.2) is 0 Å². The highest BCUT2D eigenvalue weighted by molar-refractivity contribution is 7.98. The van der Waals surface area contributed by atoms with Crippen molar-refractivity contribution in [1.82, 2.24) is 10.2 Å². The number of rotatable bonds is 4. The lowest BCUT2D eigenvalue weighted by Crippen LogP contribution is -2.30. The number of thioether (sulfide) groups is 1. The fourth-order valence-electron chi connectivity index (χ4n) is 2.60. The minimum atomic E-state index is 0. The molecule has 112 valence electrons. The van der Waals surface area contributed by atoms with Crippen LogP contribution in [0, 0.1) is 12.8 Å². The third-order valence-corrected chi connectivity index (χ3v) is 4.47. The Morgan fingerprint density at radius 2 is 2.25 bits per heavy atom. The number of nitrogens with one attached hydrogen (secondary N) is 1. The van der Waals surface area contributed by atoms with Crippen molar-refractivity contribution in [1.29, 1.82) is 0 Å². The van der Waals surface area contributed by atoms with Crippen molar-refractivity contribution >= 4 is 30.1 Å². The van der Waals surface area contributed by atoms with Crippen molar-refractivity contribution in [2.45, 2.75) is 18.2 Å². The van der Waals surface area contributed by atoms with Crippen LogP contribution in [0.4, 0.5) is 0 Å². The summed E-state index contributed by atoms with van der Waals surface area (Å²) >= 11 is 1.68. The second-order valence-corrected chi connectivity index (χ2v) is 6.02. The fraction of sp³-hybridized carbons (Fsp3) is 0.533. The Balaban J connectivity index is 0.00000200. The molecule has 1 fully saturated rings. The van der Waals surface area contributed by atoms with Crippen molar-refractivity contribution in [2.75, 3.05) is 32.9 Å². The van der Waals surface area contributed by atoms with E-state index in [0.717, 1.165) is 42.1 Å². The van der Waals surface area contributed by atoms with Gasteiger partial charge in [-0.2, -0.15) is 0 Å². The number of hydrogen-bond acceptors (Lipinski definition) is 3. The normalized spacial score (nSPS) is 17.9. The molecule has 1 N–H and O–H groups in total. The Bertz CT molecular complexity index is 467. The minimum Gasteiger partial charge on any atom is -0.338 e. The molecule has 1 aromatic carbocycles. The number of halogens is 1. The lowest BCUT2D eigenvalue weighted by atomic mass is 10.1. The van der Waals surface area contributed by atoms with Crippen LogP contribution in [0.3, 0.4) is 0 Å². The Morgan fingerprint density at radius 1 is 1.50 bits per heavy atom. The van der Waals surface area contributed by atoms with Gasteiger partial charge in [0.05, 0.1) is 0 Å². The summed E-state index contributed by atoms with van der Waals surface area (Å²) in [4.78, 5) is 15.7. The molecule has 1 amide bonds. The zero-order chi connectivity index (χ0) is 13.8. The standard InChI is InChI=1S/C15H22N2OS.ClH/c1-11-4-5-13(19-3)8-14(11)15(18)17-7-6-12(10-17)9-16-2;/h4-5,8,12,16H,6-7,9-10H2,1-3H3;1H. The predicted molar refractivity (Wildman–Crippen MR) is 88.1 cm³/mol. The van der Waals surface area contributed by atoms with Crippen LogP contribution in [0.15, 0.2) is 23.1 Å². The summed E-state index contributed by atoms with van der Waals surface area (Å²) < 4.78 is 0. The third kappa shape index (κ3) is 3.90. The van der Waals surface area contributed by atoms with Crippen LogP contribution >= 0.6 is 24.2 Å². The largest absolute Gasteiger partial charge is 0.338 e. The van der Waals surface area contributed by atoms with Crippen molar-refractivity contribution in [3.05, 3.63) is 29.3 Å². The second-order valence-electron chi connectivity index (χ2n) is 5.14. The maximum absolute atomic E-state index is 12.6. The molecule has 1 unspecified atom stereocenters. The van der Waals surface area contributed by atoms with Crippen LogP contribution < -0.4 is 5.32 Å². The van der Waals surface area contributed by atoms with Gasteiger partial charge >= 0.3 is 0 Å². The lowest BCUT2D eigenvalue weighted by molar-refractivity contribution is 0.0786. The molecule has 1 aromatic rings. The molecule has 0 radical (unpaired) electrons. The van der Waals surface area contributed by atoms with Gasteiger partial charge in [0, 0.05) is 23.5 Å². The maximum Gasteiger partial charge on any atom is 0.254 e. The number of hydrogen-bond donors (Lipinski definition) is 1. The highest BCUT2D eigenvalue weighted by atomic mass is 35.5. The van der Waals surface area contributed by atoms with Crippen LogP contribution in [0.25, 0.3) is 0 Å². The highest BCUT2D eigenvalue weighted by Gasteiger charge is 2.27. The Morgan fingerprint density at radius 3 is 2.90 bits per heavy atom. The SMILES string of the molecule is CNCC1CCN(C(=O)c2cc(SC)ccc2C)C1.Cl. The first-order valence-corrected chi connectivity index (χ1v) is 7.96. The van der Waals surface area contributed by atoms with Gasteiger partial charge in [-0.05, 0) is 56.8 Å². The zero-order valence-electron chi connectivity index (χ0n) is 12.3. The lowest BCUT2D eigenvalue weighted by Gasteiger charge is -2.18. The topological polar surface area (TPSA) is 32.3 Å². The second kappa shape index (κ2) is 7.91. The highest BCUT2D eigenvalue weighted by Crippen LogP contribution is 2.23. The van der Waals surface area contributed by atoms with Gasteiger partial charge in [0.2, 0.25) is 0 Å². The van der Waals surface area contributed by atoms with E-state index >= 15 is 0 Å². The first-order valence-electron chi connectivity index (χ1n) is 6.74. The van der Waals surface area contributed by atoms with E-state index in [-0.39, 0.29) is 18.3 Å².